The van der Waals surface area contributed by atoms with Gasteiger partial charge in [-0.05, 0) is 31.5 Å². The molecule has 0 spiro atoms. The van der Waals surface area contributed by atoms with Gasteiger partial charge < -0.3 is 10.5 Å². The van der Waals surface area contributed by atoms with Crippen molar-refractivity contribution in [2.45, 2.75) is 25.2 Å². The molecule has 0 aliphatic rings. The number of nitrogens with two attached hydrogens (primary N) is 1. The number of benzene rings is 1. The molecule has 0 amide bonds. The van der Waals surface area contributed by atoms with Crippen molar-refractivity contribution in [2.75, 3.05) is 13.2 Å². The number of carbonyl (C=O) groups is 2. The van der Waals surface area contributed by atoms with Crippen molar-refractivity contribution < 1.29 is 22.7 Å². The van der Waals surface area contributed by atoms with E-state index in [4.69, 9.17) is 15.7 Å². The van der Waals surface area contributed by atoms with Crippen molar-refractivity contribution in [3.05, 3.63) is 41.1 Å². The van der Waals surface area contributed by atoms with Crippen LogP contribution in [0, 0.1) is 18.3 Å². The lowest BCUT2D eigenvalue weighted by molar-refractivity contribution is -0.146. The van der Waals surface area contributed by atoms with Crippen LogP contribution in [0.2, 0.25) is 0 Å². The van der Waals surface area contributed by atoms with E-state index in [2.05, 4.69) is 4.72 Å². The van der Waals surface area contributed by atoms with Crippen molar-refractivity contribution in [3.63, 3.8) is 0 Å². The van der Waals surface area contributed by atoms with E-state index >= 15 is 0 Å². The Bertz CT molecular complexity index is 834. The van der Waals surface area contributed by atoms with Crippen molar-refractivity contribution in [1.29, 1.82) is 5.26 Å². The monoisotopic (exact) mass is 365 g/mol. The fourth-order valence-corrected chi connectivity index (χ4v) is 2.95. The maximum absolute atomic E-state index is 12.1. The molecule has 0 aromatic heterocycles. The number of ether oxygens (including phenoxy) is 1. The van der Waals surface area contributed by atoms with Gasteiger partial charge in [-0.3, -0.25) is 9.59 Å². The number of ketones is 1. The molecule has 0 radical (unpaired) electrons. The molecule has 0 atom stereocenters. The largest absolute Gasteiger partial charge is 0.457 e. The predicted molar refractivity (Wildman–Crippen MR) is 89.5 cm³/mol. The number of hydrogen-bond acceptors (Lipinski definition) is 7. The minimum atomic E-state index is -3.73. The molecule has 1 aromatic carbocycles. The molecule has 0 saturated carbocycles. The van der Waals surface area contributed by atoms with Gasteiger partial charge in [0.15, 0.2) is 6.61 Å². The Labute approximate surface area is 146 Å². The highest BCUT2D eigenvalue weighted by Crippen LogP contribution is 2.10. The smallest absolute Gasteiger partial charge is 0.307 e. The number of Topliss-reactive ketones (excluding diaryl/α,β-unsaturated/α-hetero) is 1. The molecule has 0 bridgehead atoms. The zero-order chi connectivity index (χ0) is 19.0. The summed E-state index contributed by atoms with van der Waals surface area (Å²) in [6.45, 7) is 2.35. The highest BCUT2D eigenvalue weighted by molar-refractivity contribution is 7.89. The third-order valence-corrected chi connectivity index (χ3v) is 4.53. The van der Waals surface area contributed by atoms with E-state index in [0.29, 0.717) is 0 Å². The fraction of sp³-hybridized carbons (Fsp3) is 0.312. The van der Waals surface area contributed by atoms with E-state index in [-0.39, 0.29) is 29.1 Å². The molecule has 1 aromatic rings. The number of nitriles is 1. The molecule has 134 valence electrons. The standard InChI is InChI=1S/C16H19N3O5S/c1-11-4-3-5-13(8-11)25(22,23)19-7-6-16(21)24-10-15(20)14(9-17)12(2)18/h3-5,8,19H,6-7,10,18H2,1-2H3. The third-order valence-electron chi connectivity index (χ3n) is 3.07. The summed E-state index contributed by atoms with van der Waals surface area (Å²) in [4.78, 5) is 23.3. The van der Waals surface area contributed by atoms with Crippen LogP contribution in [0.15, 0.2) is 40.4 Å². The Kier molecular flexibility index (Phi) is 7.29. The highest BCUT2D eigenvalue weighted by Gasteiger charge is 2.16. The lowest BCUT2D eigenvalue weighted by atomic mass is 10.1. The molecule has 0 heterocycles. The first-order valence-corrected chi connectivity index (χ1v) is 8.77. The molecule has 0 saturated heterocycles. The van der Waals surface area contributed by atoms with Gasteiger partial charge >= 0.3 is 5.97 Å². The van der Waals surface area contributed by atoms with Crippen molar-refractivity contribution in [3.8, 4) is 6.07 Å². The van der Waals surface area contributed by atoms with Gasteiger partial charge in [-0.15, -0.1) is 0 Å². The maximum Gasteiger partial charge on any atom is 0.307 e. The van der Waals surface area contributed by atoms with Crippen LogP contribution in [0.25, 0.3) is 0 Å². The number of rotatable bonds is 8. The number of allylic oxidation sites excluding steroid dienone is 1. The average Bonchev–Trinajstić information content (AvgIpc) is 2.53. The summed E-state index contributed by atoms with van der Waals surface area (Å²) in [5.41, 5.74) is 5.92. The Balaban J connectivity index is 2.49. The molecular formula is C16H19N3O5S. The van der Waals surface area contributed by atoms with Crippen molar-refractivity contribution >= 4 is 21.8 Å². The first-order valence-electron chi connectivity index (χ1n) is 7.29. The number of nitrogens with zero attached hydrogens (tertiary/aromatic N) is 1. The number of aryl methyl sites for hydroxylation is 1. The van der Waals surface area contributed by atoms with Gasteiger partial charge in [0.2, 0.25) is 15.8 Å². The van der Waals surface area contributed by atoms with Crippen LogP contribution in [-0.2, 0) is 24.3 Å². The highest BCUT2D eigenvalue weighted by atomic mass is 32.2. The van der Waals surface area contributed by atoms with Gasteiger partial charge in [-0.2, -0.15) is 5.26 Å². The molecule has 0 fully saturated rings. The van der Waals surface area contributed by atoms with E-state index in [1.54, 1.807) is 25.1 Å². The Morgan fingerprint density at radius 2 is 2.04 bits per heavy atom. The van der Waals surface area contributed by atoms with Gasteiger partial charge in [0, 0.05) is 12.2 Å². The predicted octanol–water partition coefficient (Wildman–Crippen LogP) is 0.532. The second kappa shape index (κ2) is 8.96. The average molecular weight is 365 g/mol. The van der Waals surface area contributed by atoms with Crippen molar-refractivity contribution in [2.24, 2.45) is 5.73 Å². The normalized spacial score (nSPS) is 12.0. The summed E-state index contributed by atoms with van der Waals surface area (Å²) >= 11 is 0. The van der Waals surface area contributed by atoms with Crippen LogP contribution >= 0.6 is 0 Å². The van der Waals surface area contributed by atoms with Gasteiger partial charge in [0.1, 0.15) is 11.6 Å². The van der Waals surface area contributed by atoms with Crippen LogP contribution in [0.5, 0.6) is 0 Å². The minimum Gasteiger partial charge on any atom is -0.457 e. The molecule has 0 aliphatic carbocycles. The van der Waals surface area contributed by atoms with Gasteiger partial charge in [-0.25, -0.2) is 13.1 Å². The zero-order valence-electron chi connectivity index (χ0n) is 13.9. The number of esters is 1. The summed E-state index contributed by atoms with van der Waals surface area (Å²) in [7, 11) is -3.73. The summed E-state index contributed by atoms with van der Waals surface area (Å²) in [5, 5.41) is 8.76. The molecule has 1 rings (SSSR count). The fourth-order valence-electron chi connectivity index (χ4n) is 1.81. The zero-order valence-corrected chi connectivity index (χ0v) is 14.7. The van der Waals surface area contributed by atoms with Crippen molar-refractivity contribution in [1.82, 2.24) is 4.72 Å². The topological polar surface area (TPSA) is 139 Å². The van der Waals surface area contributed by atoms with Gasteiger partial charge in [0.05, 0.1) is 11.3 Å². The maximum atomic E-state index is 12.1. The van der Waals surface area contributed by atoms with E-state index in [9.17, 15) is 18.0 Å². The van der Waals surface area contributed by atoms with E-state index in [1.807, 2.05) is 0 Å². The first-order chi connectivity index (χ1) is 11.7. The SMILES string of the molecule is CC(N)=C(C#N)C(=O)COC(=O)CCNS(=O)(=O)c1cccc(C)c1. The second-order valence-corrected chi connectivity index (χ2v) is 6.98. The third kappa shape index (κ3) is 6.37. The lowest BCUT2D eigenvalue weighted by Crippen LogP contribution is -2.27. The molecule has 0 aliphatic heterocycles. The number of sulfonamides is 1. The molecule has 9 heteroatoms. The van der Waals surface area contributed by atoms with Crippen LogP contribution < -0.4 is 10.5 Å². The first kappa shape index (κ1) is 20.3. The molecule has 8 nitrogen and oxygen atoms in total. The Morgan fingerprint density at radius 1 is 1.36 bits per heavy atom. The van der Waals surface area contributed by atoms with Crippen LogP contribution in [0.1, 0.15) is 18.9 Å². The Morgan fingerprint density at radius 3 is 2.60 bits per heavy atom. The summed E-state index contributed by atoms with van der Waals surface area (Å²) in [5.74, 6) is -1.48. The summed E-state index contributed by atoms with van der Waals surface area (Å²) in [6.07, 6.45) is -0.258. The quantitative estimate of drug-likeness (QED) is 0.389. The molecule has 3 N–H and O–H groups in total. The lowest BCUT2D eigenvalue weighted by Gasteiger charge is -2.08. The summed E-state index contributed by atoms with van der Waals surface area (Å²) < 4.78 is 31.1. The van der Waals surface area contributed by atoms with Crippen LogP contribution in [-0.4, -0.2) is 33.3 Å². The number of nitrogens with one attached hydrogen (secondary N) is 1. The van der Waals surface area contributed by atoms with E-state index < -0.39 is 28.4 Å². The van der Waals surface area contributed by atoms with Gasteiger partial charge in [0.25, 0.3) is 0 Å². The van der Waals surface area contributed by atoms with E-state index in [0.717, 1.165) is 5.56 Å². The number of carbonyl (C=O) groups excluding carboxylic acids is 2. The molecular weight excluding hydrogens is 346 g/mol. The van der Waals surface area contributed by atoms with Gasteiger partial charge in [-0.1, -0.05) is 12.1 Å². The Hall–Kier alpha value is -2.70. The minimum absolute atomic E-state index is 0.0365. The second-order valence-electron chi connectivity index (χ2n) is 5.22. The van der Waals surface area contributed by atoms with E-state index in [1.165, 1.54) is 19.1 Å². The number of hydrogen-bond donors (Lipinski definition) is 2. The summed E-state index contributed by atoms with van der Waals surface area (Å²) in [6, 6.07) is 7.96. The molecule has 25 heavy (non-hydrogen) atoms. The molecule has 0 unspecified atom stereocenters. The van der Waals surface area contributed by atoms with Crippen LogP contribution in [0.4, 0.5) is 0 Å². The van der Waals surface area contributed by atoms with Crippen LogP contribution in [0.3, 0.4) is 0 Å².